The van der Waals surface area contributed by atoms with Crippen LogP contribution in [0.5, 0.6) is 0 Å². The van der Waals surface area contributed by atoms with Gasteiger partial charge in [0.25, 0.3) is 5.91 Å². The van der Waals surface area contributed by atoms with Crippen molar-refractivity contribution in [2.45, 2.75) is 18.9 Å². The normalized spacial score (nSPS) is 17.1. The highest BCUT2D eigenvalue weighted by Crippen LogP contribution is 2.25. The molecule has 1 aliphatic rings. The molecule has 5 nitrogen and oxygen atoms in total. The number of piperidine rings is 1. The second-order valence-electron chi connectivity index (χ2n) is 4.36. The fraction of sp³-hybridized carbons (Fsp3) is 0.417. The maximum absolute atomic E-state index is 11.4. The van der Waals surface area contributed by atoms with Crippen molar-refractivity contribution in [1.82, 2.24) is 0 Å². The number of nitrogens with two attached hydrogens (primary N) is 2. The Hall–Kier alpha value is -1.75. The Morgan fingerprint density at radius 3 is 2.59 bits per heavy atom. The molecule has 2 rings (SSSR count). The first kappa shape index (κ1) is 11.7. The Bertz CT molecular complexity index is 426. The number of nitrogens with zero attached hydrogens (tertiary/aromatic N) is 1. The minimum atomic E-state index is -0.474. The average Bonchev–Trinajstić information content (AvgIpc) is 2.30. The van der Waals surface area contributed by atoms with E-state index in [1.807, 2.05) is 6.07 Å². The van der Waals surface area contributed by atoms with Crippen molar-refractivity contribution in [1.29, 1.82) is 0 Å². The smallest absolute Gasteiger partial charge is 0.250 e. The first-order chi connectivity index (χ1) is 8.08. The molecular formula is C12H17N3O2. The van der Waals surface area contributed by atoms with E-state index in [4.69, 9.17) is 11.5 Å². The molecule has 5 N–H and O–H groups in total. The third-order valence-electron chi connectivity index (χ3n) is 3.09. The third-order valence-corrected chi connectivity index (χ3v) is 3.09. The van der Waals surface area contributed by atoms with E-state index >= 15 is 0 Å². The van der Waals surface area contributed by atoms with Gasteiger partial charge in [0.2, 0.25) is 0 Å². The van der Waals surface area contributed by atoms with Crippen LogP contribution in [-0.4, -0.2) is 30.2 Å². The van der Waals surface area contributed by atoms with Crippen LogP contribution in [0.25, 0.3) is 0 Å². The number of nitrogen functional groups attached to an aromatic ring is 1. The number of hydrogen-bond acceptors (Lipinski definition) is 4. The van der Waals surface area contributed by atoms with Crippen LogP contribution in [0.15, 0.2) is 18.2 Å². The van der Waals surface area contributed by atoms with Crippen molar-refractivity contribution in [2.75, 3.05) is 23.7 Å². The van der Waals surface area contributed by atoms with Crippen LogP contribution in [0.1, 0.15) is 23.2 Å². The van der Waals surface area contributed by atoms with Gasteiger partial charge in [0.15, 0.2) is 0 Å². The van der Waals surface area contributed by atoms with Crippen LogP contribution < -0.4 is 16.4 Å². The van der Waals surface area contributed by atoms with Crippen LogP contribution in [0.2, 0.25) is 0 Å². The van der Waals surface area contributed by atoms with Gasteiger partial charge in [0.05, 0.1) is 11.7 Å². The summed E-state index contributed by atoms with van der Waals surface area (Å²) >= 11 is 0. The highest BCUT2D eigenvalue weighted by Gasteiger charge is 2.20. The lowest BCUT2D eigenvalue weighted by molar-refractivity contribution is 0.100. The van der Waals surface area contributed by atoms with Crippen molar-refractivity contribution in [2.24, 2.45) is 5.73 Å². The summed E-state index contributed by atoms with van der Waals surface area (Å²) in [6, 6.07) is 5.17. The van der Waals surface area contributed by atoms with Crippen molar-refractivity contribution in [3.05, 3.63) is 23.8 Å². The molecule has 1 heterocycles. The molecule has 1 fully saturated rings. The predicted molar refractivity (Wildman–Crippen MR) is 66.8 cm³/mol. The fourth-order valence-electron chi connectivity index (χ4n) is 2.13. The molecule has 0 saturated carbocycles. The van der Waals surface area contributed by atoms with E-state index in [1.54, 1.807) is 12.1 Å². The minimum Gasteiger partial charge on any atom is -0.399 e. The van der Waals surface area contributed by atoms with Crippen LogP contribution in [0.3, 0.4) is 0 Å². The molecule has 5 heteroatoms. The van der Waals surface area contributed by atoms with Gasteiger partial charge in [0.1, 0.15) is 0 Å². The van der Waals surface area contributed by atoms with E-state index in [9.17, 15) is 9.90 Å². The molecule has 0 unspecified atom stereocenters. The van der Waals surface area contributed by atoms with Gasteiger partial charge in [-0.05, 0) is 31.0 Å². The number of rotatable bonds is 2. The van der Waals surface area contributed by atoms with Crippen LogP contribution >= 0.6 is 0 Å². The van der Waals surface area contributed by atoms with Crippen LogP contribution in [0.4, 0.5) is 11.4 Å². The van der Waals surface area contributed by atoms with E-state index in [-0.39, 0.29) is 6.10 Å². The van der Waals surface area contributed by atoms with Gasteiger partial charge in [-0.1, -0.05) is 0 Å². The molecule has 1 aromatic carbocycles. The molecule has 0 aromatic heterocycles. The van der Waals surface area contributed by atoms with Crippen LogP contribution in [0, 0.1) is 0 Å². The maximum atomic E-state index is 11.4. The number of benzene rings is 1. The summed E-state index contributed by atoms with van der Waals surface area (Å²) in [6.07, 6.45) is 1.18. The monoisotopic (exact) mass is 235 g/mol. The van der Waals surface area contributed by atoms with Gasteiger partial charge in [-0.15, -0.1) is 0 Å². The molecular weight excluding hydrogens is 218 g/mol. The zero-order valence-corrected chi connectivity index (χ0v) is 9.60. The SMILES string of the molecule is NC(=O)c1cc(N)ccc1N1CCC(O)CC1. The predicted octanol–water partition coefficient (Wildman–Crippen LogP) is 0.329. The second kappa shape index (κ2) is 4.63. The molecule has 1 aliphatic heterocycles. The maximum Gasteiger partial charge on any atom is 0.250 e. The average molecular weight is 235 g/mol. The molecule has 92 valence electrons. The molecule has 0 spiro atoms. The summed E-state index contributed by atoms with van der Waals surface area (Å²) in [6.45, 7) is 1.46. The van der Waals surface area contributed by atoms with Gasteiger partial charge in [-0.3, -0.25) is 4.79 Å². The quantitative estimate of drug-likeness (QED) is 0.644. The third kappa shape index (κ3) is 2.50. The Labute approximate surface area is 100 Å². The standard InChI is InChI=1S/C12H17N3O2/c13-8-1-2-11(10(7-8)12(14)17)15-5-3-9(16)4-6-15/h1-2,7,9,16H,3-6,13H2,(H2,14,17). The number of carbonyl (C=O) groups excluding carboxylic acids is 1. The Balaban J connectivity index is 2.28. The lowest BCUT2D eigenvalue weighted by Crippen LogP contribution is -2.37. The van der Waals surface area contributed by atoms with E-state index in [0.29, 0.717) is 24.1 Å². The largest absolute Gasteiger partial charge is 0.399 e. The Morgan fingerprint density at radius 1 is 1.35 bits per heavy atom. The number of carbonyl (C=O) groups is 1. The molecule has 1 amide bonds. The second-order valence-corrected chi connectivity index (χ2v) is 4.36. The number of anilines is 2. The molecule has 1 saturated heterocycles. The summed E-state index contributed by atoms with van der Waals surface area (Å²) in [4.78, 5) is 13.4. The molecule has 17 heavy (non-hydrogen) atoms. The summed E-state index contributed by atoms with van der Waals surface area (Å²) in [7, 11) is 0. The van der Waals surface area contributed by atoms with E-state index < -0.39 is 5.91 Å². The van der Waals surface area contributed by atoms with Gasteiger partial charge in [-0.25, -0.2) is 0 Å². The molecule has 0 radical (unpaired) electrons. The summed E-state index contributed by atoms with van der Waals surface area (Å²) in [5.41, 5.74) is 12.8. The molecule has 1 aromatic rings. The van der Waals surface area contributed by atoms with Crippen molar-refractivity contribution in [3.8, 4) is 0 Å². The first-order valence-electron chi connectivity index (χ1n) is 5.70. The minimum absolute atomic E-state index is 0.239. The Morgan fingerprint density at radius 2 is 2.00 bits per heavy atom. The summed E-state index contributed by atoms with van der Waals surface area (Å²) < 4.78 is 0. The topological polar surface area (TPSA) is 92.6 Å². The molecule has 0 bridgehead atoms. The van der Waals surface area contributed by atoms with E-state index in [1.165, 1.54) is 0 Å². The fourth-order valence-corrected chi connectivity index (χ4v) is 2.13. The number of amides is 1. The lowest BCUT2D eigenvalue weighted by Gasteiger charge is -2.32. The van der Waals surface area contributed by atoms with Crippen molar-refractivity contribution in [3.63, 3.8) is 0 Å². The highest BCUT2D eigenvalue weighted by molar-refractivity contribution is 5.99. The number of aliphatic hydroxyl groups excluding tert-OH is 1. The zero-order valence-electron chi connectivity index (χ0n) is 9.60. The number of hydrogen-bond donors (Lipinski definition) is 3. The van der Waals surface area contributed by atoms with Crippen molar-refractivity contribution >= 4 is 17.3 Å². The zero-order chi connectivity index (χ0) is 12.4. The number of primary amides is 1. The summed E-state index contributed by atoms with van der Waals surface area (Å²) in [5.74, 6) is -0.474. The highest BCUT2D eigenvalue weighted by atomic mass is 16.3. The first-order valence-corrected chi connectivity index (χ1v) is 5.70. The van der Waals surface area contributed by atoms with Gasteiger partial charge in [0, 0.05) is 24.5 Å². The van der Waals surface area contributed by atoms with Crippen molar-refractivity contribution < 1.29 is 9.90 Å². The van der Waals surface area contributed by atoms with E-state index in [0.717, 1.165) is 18.8 Å². The van der Waals surface area contributed by atoms with Gasteiger partial charge >= 0.3 is 0 Å². The summed E-state index contributed by atoms with van der Waals surface area (Å²) in [5, 5.41) is 9.46. The number of aliphatic hydroxyl groups is 1. The van der Waals surface area contributed by atoms with Crippen LogP contribution in [-0.2, 0) is 0 Å². The Kier molecular flexibility index (Phi) is 3.19. The molecule has 0 atom stereocenters. The van der Waals surface area contributed by atoms with E-state index in [2.05, 4.69) is 4.90 Å². The van der Waals surface area contributed by atoms with Gasteiger partial charge < -0.3 is 21.5 Å². The molecule has 0 aliphatic carbocycles. The van der Waals surface area contributed by atoms with Gasteiger partial charge in [-0.2, -0.15) is 0 Å². The lowest BCUT2D eigenvalue weighted by atomic mass is 10.0.